The van der Waals surface area contributed by atoms with Gasteiger partial charge in [0.05, 0.1) is 10.6 Å². The molecule has 3 rings (SSSR count). The van der Waals surface area contributed by atoms with E-state index < -0.39 is 34.1 Å². The normalized spacial score (nSPS) is 12.5. The van der Waals surface area contributed by atoms with Gasteiger partial charge in [0.25, 0.3) is 10.0 Å². The van der Waals surface area contributed by atoms with Gasteiger partial charge in [0, 0.05) is 17.1 Å². The highest BCUT2D eigenvalue weighted by Crippen LogP contribution is 2.29. The van der Waals surface area contributed by atoms with Gasteiger partial charge < -0.3 is 10.2 Å². The summed E-state index contributed by atoms with van der Waals surface area (Å²) in [4.78, 5) is 28.6. The van der Waals surface area contributed by atoms with E-state index in [2.05, 4.69) is 5.32 Å². The molecular weight excluding hydrogens is 534 g/mol. The molecule has 39 heavy (non-hydrogen) atoms. The van der Waals surface area contributed by atoms with Gasteiger partial charge in [0.1, 0.15) is 12.6 Å². The van der Waals surface area contributed by atoms with Crippen LogP contribution in [0.4, 0.5) is 5.69 Å². The second-order valence-electron chi connectivity index (χ2n) is 10.6. The van der Waals surface area contributed by atoms with Crippen LogP contribution in [0.15, 0.2) is 77.7 Å². The summed E-state index contributed by atoms with van der Waals surface area (Å²) in [6.07, 6.45) is 0. The second kappa shape index (κ2) is 12.2. The average molecular weight is 570 g/mol. The molecule has 1 N–H and O–H groups in total. The summed E-state index contributed by atoms with van der Waals surface area (Å²) in [6, 6.07) is 19.5. The first-order valence-corrected chi connectivity index (χ1v) is 14.5. The zero-order chi connectivity index (χ0) is 29.0. The fraction of sp³-hybridized carbons (Fsp3) is 0.333. The summed E-state index contributed by atoms with van der Waals surface area (Å²) in [6.45, 7) is 10.5. The number of carbonyl (C=O) groups excluding carboxylic acids is 2. The van der Waals surface area contributed by atoms with Gasteiger partial charge >= 0.3 is 0 Å². The molecule has 0 aliphatic rings. The topological polar surface area (TPSA) is 86.8 Å². The van der Waals surface area contributed by atoms with Gasteiger partial charge in [-0.25, -0.2) is 8.42 Å². The number of rotatable bonds is 9. The smallest absolute Gasteiger partial charge is 0.264 e. The third-order valence-corrected chi connectivity index (χ3v) is 8.41. The fourth-order valence-electron chi connectivity index (χ4n) is 4.08. The maximum absolute atomic E-state index is 14.0. The highest BCUT2D eigenvalue weighted by molar-refractivity contribution is 7.92. The average Bonchev–Trinajstić information content (AvgIpc) is 2.87. The maximum Gasteiger partial charge on any atom is 0.264 e. The monoisotopic (exact) mass is 569 g/mol. The van der Waals surface area contributed by atoms with Crippen molar-refractivity contribution in [2.75, 3.05) is 10.8 Å². The Morgan fingerprint density at radius 2 is 1.54 bits per heavy atom. The lowest BCUT2D eigenvalue weighted by molar-refractivity contribution is -0.140. The van der Waals surface area contributed by atoms with Crippen LogP contribution in [-0.2, 0) is 26.2 Å². The first-order chi connectivity index (χ1) is 18.2. The van der Waals surface area contributed by atoms with Crippen LogP contribution in [0, 0.1) is 13.8 Å². The molecular formula is C30H36ClN3O4S. The molecule has 7 nitrogen and oxygen atoms in total. The Kier molecular flexibility index (Phi) is 9.46. The van der Waals surface area contributed by atoms with E-state index in [-0.39, 0.29) is 17.3 Å². The Bertz CT molecular complexity index is 1420. The van der Waals surface area contributed by atoms with Crippen LogP contribution in [0.25, 0.3) is 0 Å². The van der Waals surface area contributed by atoms with Crippen LogP contribution in [-0.4, -0.2) is 43.3 Å². The Hall–Kier alpha value is -3.36. The third kappa shape index (κ3) is 7.61. The van der Waals surface area contributed by atoms with Gasteiger partial charge in [-0.15, -0.1) is 0 Å². The van der Waals surface area contributed by atoms with Crippen molar-refractivity contribution in [2.24, 2.45) is 0 Å². The van der Waals surface area contributed by atoms with Gasteiger partial charge in [0.2, 0.25) is 11.8 Å². The quantitative estimate of drug-likeness (QED) is 0.369. The summed E-state index contributed by atoms with van der Waals surface area (Å²) < 4.78 is 28.9. The lowest BCUT2D eigenvalue weighted by Gasteiger charge is -2.34. The molecule has 0 aromatic heterocycles. The Balaban J connectivity index is 2.06. The lowest BCUT2D eigenvalue weighted by atomic mass is 10.1. The van der Waals surface area contributed by atoms with E-state index in [9.17, 15) is 18.0 Å². The van der Waals surface area contributed by atoms with Gasteiger partial charge in [-0.05, 0) is 88.6 Å². The summed E-state index contributed by atoms with van der Waals surface area (Å²) >= 11 is 6.05. The van der Waals surface area contributed by atoms with Crippen molar-refractivity contribution in [1.29, 1.82) is 0 Å². The Labute approximate surface area is 236 Å². The van der Waals surface area contributed by atoms with Crippen LogP contribution < -0.4 is 9.62 Å². The number of nitrogens with zero attached hydrogens (tertiary/aromatic N) is 2. The van der Waals surface area contributed by atoms with Crippen LogP contribution in [0.5, 0.6) is 0 Å². The number of hydrogen-bond acceptors (Lipinski definition) is 4. The number of hydrogen-bond donors (Lipinski definition) is 1. The van der Waals surface area contributed by atoms with E-state index in [1.807, 2.05) is 40.7 Å². The molecule has 0 aliphatic heterocycles. The van der Waals surface area contributed by atoms with Crippen molar-refractivity contribution < 1.29 is 18.0 Å². The molecule has 0 radical (unpaired) electrons. The summed E-state index contributed by atoms with van der Waals surface area (Å²) in [7, 11) is -4.11. The molecule has 1 atom stereocenters. The van der Waals surface area contributed by atoms with E-state index in [4.69, 9.17) is 11.6 Å². The number of amides is 2. The molecule has 3 aromatic carbocycles. The number of halogens is 1. The lowest BCUT2D eigenvalue weighted by Crippen LogP contribution is -2.54. The zero-order valence-electron chi connectivity index (χ0n) is 23.2. The largest absolute Gasteiger partial charge is 0.350 e. The number of sulfonamides is 1. The number of nitrogens with one attached hydrogen (secondary N) is 1. The van der Waals surface area contributed by atoms with Crippen LogP contribution >= 0.6 is 11.6 Å². The molecule has 208 valence electrons. The minimum absolute atomic E-state index is 0.0708. The first kappa shape index (κ1) is 30.2. The van der Waals surface area contributed by atoms with E-state index in [1.54, 1.807) is 61.5 Å². The van der Waals surface area contributed by atoms with E-state index in [0.29, 0.717) is 10.7 Å². The second-order valence-corrected chi connectivity index (χ2v) is 12.9. The van der Waals surface area contributed by atoms with E-state index in [1.165, 1.54) is 17.0 Å². The SMILES string of the molecule is Cc1cccc(N(CC(=O)N(Cc2ccc(Cl)cc2)[C@H](C)C(=O)NC(C)(C)C)S(=O)(=O)c2ccccc2)c1C. The van der Waals surface area contributed by atoms with Crippen molar-refractivity contribution in [1.82, 2.24) is 10.2 Å². The van der Waals surface area contributed by atoms with Crippen molar-refractivity contribution in [3.05, 3.63) is 94.5 Å². The minimum atomic E-state index is -4.11. The summed E-state index contributed by atoms with van der Waals surface area (Å²) in [5.41, 5.74) is 2.29. The van der Waals surface area contributed by atoms with Gasteiger partial charge in [0.15, 0.2) is 0 Å². The summed E-state index contributed by atoms with van der Waals surface area (Å²) in [5, 5.41) is 3.47. The molecule has 3 aromatic rings. The molecule has 0 fully saturated rings. The number of benzene rings is 3. The van der Waals surface area contributed by atoms with E-state index >= 15 is 0 Å². The van der Waals surface area contributed by atoms with Crippen molar-refractivity contribution >= 4 is 39.1 Å². The molecule has 0 heterocycles. The highest BCUT2D eigenvalue weighted by Gasteiger charge is 2.34. The van der Waals surface area contributed by atoms with Crippen molar-refractivity contribution in [3.8, 4) is 0 Å². The number of aryl methyl sites for hydroxylation is 1. The maximum atomic E-state index is 14.0. The van der Waals surface area contributed by atoms with Crippen molar-refractivity contribution in [3.63, 3.8) is 0 Å². The minimum Gasteiger partial charge on any atom is -0.350 e. The van der Waals surface area contributed by atoms with Gasteiger partial charge in [-0.2, -0.15) is 0 Å². The van der Waals surface area contributed by atoms with Crippen LogP contribution in [0.1, 0.15) is 44.4 Å². The Morgan fingerprint density at radius 1 is 0.923 bits per heavy atom. The molecule has 9 heteroatoms. The molecule has 0 unspecified atom stereocenters. The number of carbonyl (C=O) groups is 2. The highest BCUT2D eigenvalue weighted by atomic mass is 35.5. The molecule has 0 saturated carbocycles. The zero-order valence-corrected chi connectivity index (χ0v) is 24.8. The fourth-order valence-corrected chi connectivity index (χ4v) is 5.70. The predicted molar refractivity (Wildman–Crippen MR) is 156 cm³/mol. The molecule has 0 saturated heterocycles. The third-order valence-electron chi connectivity index (χ3n) is 6.39. The van der Waals surface area contributed by atoms with Crippen molar-refractivity contribution in [2.45, 2.75) is 64.6 Å². The molecule has 0 bridgehead atoms. The van der Waals surface area contributed by atoms with Gasteiger partial charge in [-0.3, -0.25) is 13.9 Å². The standard InChI is InChI=1S/C30H36ClN3O4S/c1-21-11-10-14-27(22(21)2)34(39(37,38)26-12-8-7-9-13-26)20-28(35)33(19-24-15-17-25(31)18-16-24)23(3)29(36)32-30(4,5)6/h7-18,23H,19-20H2,1-6H3,(H,32,36)/t23-/m1/s1. The van der Waals surface area contributed by atoms with Crippen LogP contribution in [0.2, 0.25) is 5.02 Å². The summed E-state index contributed by atoms with van der Waals surface area (Å²) in [5.74, 6) is -0.851. The number of anilines is 1. The first-order valence-electron chi connectivity index (χ1n) is 12.7. The predicted octanol–water partition coefficient (Wildman–Crippen LogP) is 5.48. The van der Waals surface area contributed by atoms with Crippen LogP contribution in [0.3, 0.4) is 0 Å². The molecule has 0 aliphatic carbocycles. The van der Waals surface area contributed by atoms with Gasteiger partial charge in [-0.1, -0.05) is 54.1 Å². The Morgan fingerprint density at radius 3 is 2.13 bits per heavy atom. The molecule has 2 amide bonds. The molecule has 0 spiro atoms. The van der Waals surface area contributed by atoms with E-state index in [0.717, 1.165) is 21.0 Å².